The Labute approximate surface area is 145 Å². The number of aromatic nitrogens is 2. The first kappa shape index (κ1) is 16.7. The summed E-state index contributed by atoms with van der Waals surface area (Å²) in [5.74, 6) is -0.626. The van der Waals surface area contributed by atoms with Crippen molar-refractivity contribution in [1.29, 1.82) is 0 Å². The molecule has 0 unspecified atom stereocenters. The number of carbonyl (C=O) groups is 1. The van der Waals surface area contributed by atoms with Gasteiger partial charge in [-0.1, -0.05) is 12.1 Å². The third-order valence-electron chi connectivity index (χ3n) is 3.86. The molecule has 126 valence electrons. The maximum Gasteiger partial charge on any atom is 0.271 e. The monoisotopic (exact) mass is 344 g/mol. The van der Waals surface area contributed by atoms with E-state index in [2.05, 4.69) is 32.3 Å². The number of nitrogens with two attached hydrogens (primary N) is 2. The Morgan fingerprint density at radius 2 is 2.00 bits per heavy atom. The SMILES string of the molecule is CN1CCN(Sc2cccc(-c3cnc(N)c(C(N)=O)n3)c2)CC1. The van der Waals surface area contributed by atoms with Crippen LogP contribution in [0.4, 0.5) is 5.82 Å². The smallest absolute Gasteiger partial charge is 0.271 e. The van der Waals surface area contributed by atoms with E-state index < -0.39 is 5.91 Å². The van der Waals surface area contributed by atoms with Crippen LogP contribution in [-0.4, -0.2) is 58.3 Å². The first-order valence-corrected chi connectivity index (χ1v) is 8.44. The Morgan fingerprint density at radius 3 is 2.71 bits per heavy atom. The number of amides is 1. The van der Waals surface area contributed by atoms with Crippen LogP contribution in [0.25, 0.3) is 11.3 Å². The Bertz CT molecular complexity index is 745. The van der Waals surface area contributed by atoms with E-state index in [0.717, 1.165) is 36.6 Å². The number of rotatable bonds is 4. The summed E-state index contributed by atoms with van der Waals surface area (Å²) in [6.45, 7) is 4.19. The molecule has 7 nitrogen and oxygen atoms in total. The quantitative estimate of drug-likeness (QED) is 0.800. The molecule has 1 aromatic carbocycles. The molecule has 2 aromatic rings. The second kappa shape index (κ2) is 7.16. The maximum atomic E-state index is 11.4. The van der Waals surface area contributed by atoms with Crippen molar-refractivity contribution >= 4 is 23.7 Å². The average Bonchev–Trinajstić information content (AvgIpc) is 2.57. The molecule has 1 fully saturated rings. The van der Waals surface area contributed by atoms with Crippen molar-refractivity contribution in [3.05, 3.63) is 36.2 Å². The molecular weight excluding hydrogens is 324 g/mol. The van der Waals surface area contributed by atoms with Gasteiger partial charge in [-0.2, -0.15) is 0 Å². The summed E-state index contributed by atoms with van der Waals surface area (Å²) in [6.07, 6.45) is 1.56. The van der Waals surface area contributed by atoms with E-state index in [4.69, 9.17) is 11.5 Å². The van der Waals surface area contributed by atoms with Gasteiger partial charge in [-0.05, 0) is 31.1 Å². The van der Waals surface area contributed by atoms with Gasteiger partial charge in [-0.15, -0.1) is 0 Å². The van der Waals surface area contributed by atoms with Gasteiger partial charge in [-0.25, -0.2) is 14.3 Å². The van der Waals surface area contributed by atoms with Gasteiger partial charge in [0, 0.05) is 36.6 Å². The summed E-state index contributed by atoms with van der Waals surface area (Å²) >= 11 is 1.73. The van der Waals surface area contributed by atoms with E-state index in [1.165, 1.54) is 0 Å². The van der Waals surface area contributed by atoms with Crippen LogP contribution in [0.3, 0.4) is 0 Å². The normalized spacial score (nSPS) is 16.2. The number of benzene rings is 1. The van der Waals surface area contributed by atoms with E-state index in [1.54, 1.807) is 18.1 Å². The molecule has 1 aromatic heterocycles. The molecule has 4 N–H and O–H groups in total. The fourth-order valence-corrected chi connectivity index (χ4v) is 3.42. The lowest BCUT2D eigenvalue weighted by Crippen LogP contribution is -2.40. The lowest BCUT2D eigenvalue weighted by atomic mass is 10.1. The van der Waals surface area contributed by atoms with E-state index in [0.29, 0.717) is 5.69 Å². The molecule has 2 heterocycles. The van der Waals surface area contributed by atoms with Crippen LogP contribution >= 0.6 is 11.9 Å². The van der Waals surface area contributed by atoms with Crippen molar-refractivity contribution in [2.75, 3.05) is 39.0 Å². The molecule has 0 aliphatic carbocycles. The van der Waals surface area contributed by atoms with Crippen LogP contribution in [0.1, 0.15) is 10.5 Å². The largest absolute Gasteiger partial charge is 0.382 e. The molecule has 8 heteroatoms. The number of nitrogens with zero attached hydrogens (tertiary/aromatic N) is 4. The van der Waals surface area contributed by atoms with Crippen molar-refractivity contribution in [3.63, 3.8) is 0 Å². The van der Waals surface area contributed by atoms with Crippen LogP contribution in [-0.2, 0) is 0 Å². The zero-order valence-corrected chi connectivity index (χ0v) is 14.3. The van der Waals surface area contributed by atoms with Gasteiger partial charge in [-0.3, -0.25) is 4.79 Å². The number of piperazine rings is 1. The fourth-order valence-electron chi connectivity index (χ4n) is 2.46. The molecule has 1 aliphatic heterocycles. The van der Waals surface area contributed by atoms with Gasteiger partial charge in [0.2, 0.25) is 0 Å². The Balaban J connectivity index is 1.80. The number of primary amides is 1. The van der Waals surface area contributed by atoms with Crippen LogP contribution in [0.2, 0.25) is 0 Å². The van der Waals surface area contributed by atoms with E-state index in [1.807, 2.05) is 18.2 Å². The van der Waals surface area contributed by atoms with E-state index in [-0.39, 0.29) is 11.5 Å². The van der Waals surface area contributed by atoms with Crippen LogP contribution in [0, 0.1) is 0 Å². The highest BCUT2D eigenvalue weighted by Gasteiger charge is 2.16. The molecule has 1 saturated heterocycles. The summed E-state index contributed by atoms with van der Waals surface area (Å²) in [6, 6.07) is 7.99. The second-order valence-electron chi connectivity index (χ2n) is 5.70. The number of hydrogen-bond acceptors (Lipinski definition) is 7. The molecule has 0 radical (unpaired) electrons. The zero-order chi connectivity index (χ0) is 17.1. The lowest BCUT2D eigenvalue weighted by molar-refractivity contribution is 0.0996. The number of anilines is 1. The molecule has 0 atom stereocenters. The van der Waals surface area contributed by atoms with Crippen molar-refractivity contribution in [1.82, 2.24) is 19.2 Å². The predicted molar refractivity (Wildman–Crippen MR) is 95.3 cm³/mol. The third-order valence-corrected chi connectivity index (χ3v) is 4.95. The van der Waals surface area contributed by atoms with Gasteiger partial charge >= 0.3 is 0 Å². The Morgan fingerprint density at radius 1 is 1.25 bits per heavy atom. The summed E-state index contributed by atoms with van der Waals surface area (Å²) in [7, 11) is 2.14. The van der Waals surface area contributed by atoms with Crippen molar-refractivity contribution < 1.29 is 4.79 Å². The number of hydrogen-bond donors (Lipinski definition) is 2. The lowest BCUT2D eigenvalue weighted by Gasteiger charge is -2.31. The molecule has 0 spiro atoms. The Hall–Kier alpha value is -2.16. The number of nitrogen functional groups attached to an aromatic ring is 1. The third kappa shape index (κ3) is 3.84. The topological polar surface area (TPSA) is 101 Å². The van der Waals surface area contributed by atoms with Gasteiger partial charge in [0.1, 0.15) is 0 Å². The molecule has 24 heavy (non-hydrogen) atoms. The number of carbonyl (C=O) groups excluding carboxylic acids is 1. The predicted octanol–water partition coefficient (Wildman–Crippen LogP) is 1.08. The van der Waals surface area contributed by atoms with Crippen molar-refractivity contribution in [3.8, 4) is 11.3 Å². The summed E-state index contributed by atoms with van der Waals surface area (Å²) < 4.78 is 2.35. The molecule has 3 rings (SSSR count). The molecule has 0 saturated carbocycles. The Kier molecular flexibility index (Phi) is 4.98. The van der Waals surface area contributed by atoms with Crippen molar-refractivity contribution in [2.45, 2.75) is 4.90 Å². The first-order chi connectivity index (χ1) is 11.5. The summed E-state index contributed by atoms with van der Waals surface area (Å²) in [5.41, 5.74) is 12.4. The minimum atomic E-state index is -0.676. The zero-order valence-electron chi connectivity index (χ0n) is 13.5. The first-order valence-electron chi connectivity index (χ1n) is 7.67. The summed E-state index contributed by atoms with van der Waals surface area (Å²) in [5, 5.41) is 0. The van der Waals surface area contributed by atoms with Crippen molar-refractivity contribution in [2.24, 2.45) is 5.73 Å². The minimum absolute atomic E-state index is 0.00428. The highest BCUT2D eigenvalue weighted by atomic mass is 32.2. The van der Waals surface area contributed by atoms with Gasteiger partial charge in [0.15, 0.2) is 11.5 Å². The number of likely N-dealkylation sites (N-methyl/N-ethyl adjacent to an activating group) is 1. The van der Waals surface area contributed by atoms with E-state index >= 15 is 0 Å². The molecule has 0 bridgehead atoms. The maximum absolute atomic E-state index is 11.4. The van der Waals surface area contributed by atoms with E-state index in [9.17, 15) is 4.79 Å². The second-order valence-corrected chi connectivity index (χ2v) is 6.88. The molecule has 1 amide bonds. The van der Waals surface area contributed by atoms with Crippen LogP contribution in [0.15, 0.2) is 35.4 Å². The van der Waals surface area contributed by atoms with Crippen LogP contribution < -0.4 is 11.5 Å². The molecule has 1 aliphatic rings. The van der Waals surface area contributed by atoms with Gasteiger partial charge < -0.3 is 16.4 Å². The standard InChI is InChI=1S/C16H20N6OS/c1-21-5-7-22(8-6-21)24-12-4-2-3-11(9-12)13-10-19-15(17)14(20-13)16(18)23/h2-4,9-10H,5-8H2,1H3,(H2,17,19)(H2,18,23). The fraction of sp³-hybridized carbons (Fsp3) is 0.312. The minimum Gasteiger partial charge on any atom is -0.382 e. The van der Waals surface area contributed by atoms with Gasteiger partial charge in [0.05, 0.1) is 11.9 Å². The highest BCUT2D eigenvalue weighted by molar-refractivity contribution is 7.97. The molecular formula is C16H20N6OS. The summed E-state index contributed by atoms with van der Waals surface area (Å²) in [4.78, 5) is 23.1. The van der Waals surface area contributed by atoms with Crippen LogP contribution in [0.5, 0.6) is 0 Å². The highest BCUT2D eigenvalue weighted by Crippen LogP contribution is 2.28. The average molecular weight is 344 g/mol. The van der Waals surface area contributed by atoms with Gasteiger partial charge in [0.25, 0.3) is 5.91 Å².